The third kappa shape index (κ3) is 2.99. The number of carbonyl (C=O) groups excluding carboxylic acids is 2. The molecule has 1 saturated heterocycles. The van der Waals surface area contributed by atoms with Gasteiger partial charge in [-0.3, -0.25) is 14.5 Å². The van der Waals surface area contributed by atoms with Gasteiger partial charge < -0.3 is 4.57 Å². The maximum atomic E-state index is 13.9. The first-order valence-corrected chi connectivity index (χ1v) is 8.99. The Morgan fingerprint density at radius 2 is 1.85 bits per heavy atom. The van der Waals surface area contributed by atoms with E-state index in [0.29, 0.717) is 5.56 Å². The summed E-state index contributed by atoms with van der Waals surface area (Å²) in [5, 5.41) is 0.660. The number of rotatable bonds is 4. The van der Waals surface area contributed by atoms with Crippen LogP contribution in [0.5, 0.6) is 0 Å². The molecule has 1 aliphatic heterocycles. The number of aromatic nitrogens is 1. The van der Waals surface area contributed by atoms with Crippen LogP contribution in [0.1, 0.15) is 11.1 Å². The lowest BCUT2D eigenvalue weighted by atomic mass is 10.1. The van der Waals surface area contributed by atoms with Gasteiger partial charge in [-0.1, -0.05) is 30.0 Å². The Morgan fingerprint density at radius 3 is 2.58 bits per heavy atom. The Bertz CT molecular complexity index is 1020. The fraction of sp³-hybridized carbons (Fsp3) is 0.158. The largest absolute Gasteiger partial charge is 0.343 e. The normalized spacial score (nSPS) is 14.6. The van der Waals surface area contributed by atoms with Crippen LogP contribution in [-0.2, 0) is 17.9 Å². The predicted molar refractivity (Wildman–Crippen MR) is 95.8 cm³/mol. The first kappa shape index (κ1) is 16.8. The lowest BCUT2D eigenvalue weighted by molar-refractivity contribution is -0.124. The van der Waals surface area contributed by atoms with Gasteiger partial charge in [0.15, 0.2) is 0 Å². The standard InChI is InChI=1S/C19H14F2N2O2S/c20-14-5-4-13(16(21)8-14)9-22-7-6-15-12(2-1-3-17(15)22)10-23-18(24)11-26-19(23)25/h1-8H,9-11H2. The van der Waals surface area contributed by atoms with Gasteiger partial charge in [0.25, 0.3) is 5.24 Å². The molecular formula is C19H14F2N2O2S. The van der Waals surface area contributed by atoms with Gasteiger partial charge in [0.05, 0.1) is 18.8 Å². The summed E-state index contributed by atoms with van der Waals surface area (Å²) in [5.74, 6) is -1.21. The molecule has 4 nitrogen and oxygen atoms in total. The van der Waals surface area contributed by atoms with Crippen LogP contribution in [0.25, 0.3) is 10.9 Å². The van der Waals surface area contributed by atoms with Crippen LogP contribution in [0.3, 0.4) is 0 Å². The van der Waals surface area contributed by atoms with E-state index in [0.717, 1.165) is 34.3 Å². The monoisotopic (exact) mass is 372 g/mol. The summed E-state index contributed by atoms with van der Waals surface area (Å²) in [6, 6.07) is 11.0. The van der Waals surface area contributed by atoms with E-state index in [1.165, 1.54) is 17.0 Å². The van der Waals surface area contributed by atoms with Crippen LogP contribution >= 0.6 is 11.8 Å². The summed E-state index contributed by atoms with van der Waals surface area (Å²) in [4.78, 5) is 24.9. The fourth-order valence-electron chi connectivity index (χ4n) is 3.10. The number of amides is 2. The quantitative estimate of drug-likeness (QED) is 0.691. The van der Waals surface area contributed by atoms with Crippen LogP contribution in [-0.4, -0.2) is 26.4 Å². The van der Waals surface area contributed by atoms with E-state index < -0.39 is 11.6 Å². The molecule has 0 N–H and O–H groups in total. The summed E-state index contributed by atoms with van der Waals surface area (Å²) < 4.78 is 28.9. The second-order valence-electron chi connectivity index (χ2n) is 6.06. The summed E-state index contributed by atoms with van der Waals surface area (Å²) in [5.41, 5.74) is 2.10. The summed E-state index contributed by atoms with van der Waals surface area (Å²) in [7, 11) is 0. The average molecular weight is 372 g/mol. The number of fused-ring (bicyclic) bond motifs is 1. The molecule has 3 aromatic rings. The molecule has 2 aromatic carbocycles. The average Bonchev–Trinajstić information content (AvgIpc) is 3.16. The second-order valence-corrected chi connectivity index (χ2v) is 6.99. The van der Waals surface area contributed by atoms with Gasteiger partial charge in [0, 0.05) is 28.7 Å². The van der Waals surface area contributed by atoms with E-state index in [4.69, 9.17) is 0 Å². The first-order chi connectivity index (χ1) is 12.5. The van der Waals surface area contributed by atoms with Crippen molar-refractivity contribution in [1.29, 1.82) is 0 Å². The van der Waals surface area contributed by atoms with E-state index in [1.54, 1.807) is 0 Å². The van der Waals surface area contributed by atoms with E-state index >= 15 is 0 Å². The Balaban J connectivity index is 1.66. The van der Waals surface area contributed by atoms with Gasteiger partial charge in [-0.05, 0) is 23.8 Å². The number of halogens is 2. The minimum Gasteiger partial charge on any atom is -0.343 e. The highest BCUT2D eigenvalue weighted by atomic mass is 32.2. The molecule has 1 fully saturated rings. The van der Waals surface area contributed by atoms with Gasteiger partial charge >= 0.3 is 0 Å². The number of benzene rings is 2. The van der Waals surface area contributed by atoms with E-state index in [9.17, 15) is 18.4 Å². The Labute approximate surface area is 152 Å². The fourth-order valence-corrected chi connectivity index (χ4v) is 3.83. The summed E-state index contributed by atoms with van der Waals surface area (Å²) >= 11 is 1.01. The zero-order chi connectivity index (χ0) is 18.3. The number of thioether (sulfide) groups is 1. The molecule has 2 heterocycles. The van der Waals surface area contributed by atoms with Crippen LogP contribution in [0.2, 0.25) is 0 Å². The summed E-state index contributed by atoms with van der Waals surface area (Å²) in [6.07, 6.45) is 1.82. The Hall–Kier alpha value is -2.67. The van der Waals surface area contributed by atoms with Crippen LogP contribution in [0, 0.1) is 11.6 Å². The van der Waals surface area contributed by atoms with E-state index in [2.05, 4.69) is 0 Å². The molecule has 1 aliphatic rings. The zero-order valence-corrected chi connectivity index (χ0v) is 14.4. The molecule has 26 heavy (non-hydrogen) atoms. The molecular weight excluding hydrogens is 358 g/mol. The van der Waals surface area contributed by atoms with Crippen molar-refractivity contribution in [1.82, 2.24) is 9.47 Å². The number of carbonyl (C=O) groups is 2. The molecule has 2 amide bonds. The van der Waals surface area contributed by atoms with Crippen LogP contribution in [0.15, 0.2) is 48.7 Å². The minimum absolute atomic E-state index is 0.180. The van der Waals surface area contributed by atoms with Crippen molar-refractivity contribution in [2.75, 3.05) is 5.75 Å². The smallest absolute Gasteiger partial charge is 0.289 e. The molecule has 0 aliphatic carbocycles. The minimum atomic E-state index is -0.608. The van der Waals surface area contributed by atoms with Crippen molar-refractivity contribution in [3.63, 3.8) is 0 Å². The molecule has 0 radical (unpaired) electrons. The highest BCUT2D eigenvalue weighted by Crippen LogP contribution is 2.26. The van der Waals surface area contributed by atoms with Gasteiger partial charge in [-0.2, -0.15) is 0 Å². The highest BCUT2D eigenvalue weighted by Gasteiger charge is 2.30. The molecule has 0 bridgehead atoms. The third-order valence-corrected chi connectivity index (χ3v) is 5.29. The summed E-state index contributed by atoms with van der Waals surface area (Å²) in [6.45, 7) is 0.480. The number of imide groups is 1. The number of hydrogen-bond donors (Lipinski definition) is 0. The maximum absolute atomic E-state index is 13.9. The maximum Gasteiger partial charge on any atom is 0.289 e. The lowest BCUT2D eigenvalue weighted by Crippen LogP contribution is -2.27. The molecule has 0 unspecified atom stereocenters. The van der Waals surface area contributed by atoms with Crippen molar-refractivity contribution < 1.29 is 18.4 Å². The molecule has 7 heteroatoms. The lowest BCUT2D eigenvalue weighted by Gasteiger charge is -2.14. The van der Waals surface area contributed by atoms with Crippen molar-refractivity contribution in [2.24, 2.45) is 0 Å². The Kier molecular flexibility index (Phi) is 4.24. The van der Waals surface area contributed by atoms with Gasteiger partial charge in [-0.25, -0.2) is 8.78 Å². The van der Waals surface area contributed by atoms with Crippen molar-refractivity contribution in [3.05, 3.63) is 71.4 Å². The van der Waals surface area contributed by atoms with E-state index in [1.807, 2.05) is 35.0 Å². The zero-order valence-electron chi connectivity index (χ0n) is 13.6. The van der Waals surface area contributed by atoms with Crippen LogP contribution < -0.4 is 0 Å². The second kappa shape index (κ2) is 6.57. The van der Waals surface area contributed by atoms with Crippen molar-refractivity contribution in [2.45, 2.75) is 13.1 Å². The van der Waals surface area contributed by atoms with Crippen molar-refractivity contribution >= 4 is 33.8 Å². The first-order valence-electron chi connectivity index (χ1n) is 8.01. The number of nitrogens with zero attached hydrogens (tertiary/aromatic N) is 2. The molecule has 0 atom stereocenters. The van der Waals surface area contributed by atoms with Gasteiger partial charge in [0.1, 0.15) is 11.6 Å². The molecule has 4 rings (SSSR count). The molecule has 0 saturated carbocycles. The third-order valence-electron chi connectivity index (χ3n) is 4.43. The molecule has 1 aromatic heterocycles. The Morgan fingerprint density at radius 1 is 1.00 bits per heavy atom. The SMILES string of the molecule is O=C1CSC(=O)N1Cc1cccc2c1ccn2Cc1ccc(F)cc1F. The number of hydrogen-bond acceptors (Lipinski definition) is 3. The van der Waals surface area contributed by atoms with Gasteiger partial charge in [0.2, 0.25) is 5.91 Å². The molecule has 0 spiro atoms. The van der Waals surface area contributed by atoms with Crippen molar-refractivity contribution in [3.8, 4) is 0 Å². The topological polar surface area (TPSA) is 42.3 Å². The highest BCUT2D eigenvalue weighted by molar-refractivity contribution is 8.14. The predicted octanol–water partition coefficient (Wildman–Crippen LogP) is 4.16. The van der Waals surface area contributed by atoms with E-state index in [-0.39, 0.29) is 30.0 Å². The molecule has 132 valence electrons. The van der Waals surface area contributed by atoms with Gasteiger partial charge in [-0.15, -0.1) is 0 Å². The van der Waals surface area contributed by atoms with Crippen LogP contribution in [0.4, 0.5) is 13.6 Å².